The molecule has 5 heteroatoms. The first-order valence-electron chi connectivity index (χ1n) is 6.34. The highest BCUT2D eigenvalue weighted by molar-refractivity contribution is 7.99. The molecular weight excluding hydrogens is 250 g/mol. The molecule has 0 aromatic carbocycles. The van der Waals surface area contributed by atoms with Crippen molar-refractivity contribution in [1.29, 1.82) is 0 Å². The molecule has 0 bridgehead atoms. The molecule has 0 aromatic rings. The van der Waals surface area contributed by atoms with Gasteiger partial charge in [0.2, 0.25) is 0 Å². The highest BCUT2D eigenvalue weighted by Gasteiger charge is 2.31. The van der Waals surface area contributed by atoms with Crippen molar-refractivity contribution in [3.05, 3.63) is 0 Å². The largest absolute Gasteiger partial charge is 0.444 e. The Balaban J connectivity index is 2.63. The van der Waals surface area contributed by atoms with Gasteiger partial charge < -0.3 is 14.4 Å². The lowest BCUT2D eigenvalue weighted by Gasteiger charge is -2.33. The molecule has 1 amide bonds. The summed E-state index contributed by atoms with van der Waals surface area (Å²) in [6, 6.07) is -0.368. The highest BCUT2D eigenvalue weighted by atomic mass is 32.2. The van der Waals surface area contributed by atoms with Gasteiger partial charge in [0.1, 0.15) is 11.9 Å². The average molecular weight is 273 g/mol. The number of thioether (sulfide) groups is 1. The molecule has 1 aliphatic rings. The van der Waals surface area contributed by atoms with Crippen LogP contribution in [0.5, 0.6) is 0 Å². The summed E-state index contributed by atoms with van der Waals surface area (Å²) < 4.78 is 5.29. The lowest BCUT2D eigenvalue weighted by Crippen LogP contribution is -2.46. The Morgan fingerprint density at radius 1 is 1.50 bits per heavy atom. The van der Waals surface area contributed by atoms with Crippen molar-refractivity contribution in [3.8, 4) is 0 Å². The predicted octanol–water partition coefficient (Wildman–Crippen LogP) is 2.56. The van der Waals surface area contributed by atoms with Crippen LogP contribution in [0.1, 0.15) is 33.6 Å². The van der Waals surface area contributed by atoms with E-state index in [0.717, 1.165) is 30.6 Å². The number of carbonyl (C=O) groups is 2. The molecule has 104 valence electrons. The predicted molar refractivity (Wildman–Crippen MR) is 73.9 cm³/mol. The van der Waals surface area contributed by atoms with Crippen LogP contribution in [0.2, 0.25) is 0 Å². The number of ether oxygens (including phenoxy) is 1. The van der Waals surface area contributed by atoms with Crippen molar-refractivity contribution < 1.29 is 14.3 Å². The highest BCUT2D eigenvalue weighted by Crippen LogP contribution is 2.27. The molecule has 0 N–H and O–H groups in total. The number of rotatable bonds is 3. The van der Waals surface area contributed by atoms with Gasteiger partial charge in [-0.25, -0.2) is 4.79 Å². The van der Waals surface area contributed by atoms with E-state index in [1.807, 2.05) is 32.5 Å². The summed E-state index contributed by atoms with van der Waals surface area (Å²) in [5, 5.41) is 0. The minimum Gasteiger partial charge on any atom is -0.444 e. The third-order valence-electron chi connectivity index (χ3n) is 2.95. The van der Waals surface area contributed by atoms with Gasteiger partial charge in [-0.15, -0.1) is 0 Å². The first-order valence-corrected chi connectivity index (χ1v) is 7.49. The van der Waals surface area contributed by atoms with Gasteiger partial charge in [0, 0.05) is 7.05 Å². The summed E-state index contributed by atoms with van der Waals surface area (Å²) in [7, 11) is 1.65. The van der Waals surface area contributed by atoms with E-state index in [4.69, 9.17) is 4.74 Å². The number of hydrogen-bond acceptors (Lipinski definition) is 4. The summed E-state index contributed by atoms with van der Waals surface area (Å²) in [6.07, 6.45) is 2.57. The van der Waals surface area contributed by atoms with Gasteiger partial charge in [-0.1, -0.05) is 0 Å². The maximum absolute atomic E-state index is 11.9. The molecule has 1 saturated heterocycles. The molecule has 1 fully saturated rings. The number of likely N-dealkylation sites (N-methyl/N-ethyl adjacent to an activating group) is 1. The lowest BCUT2D eigenvalue weighted by atomic mass is 9.96. The molecule has 18 heavy (non-hydrogen) atoms. The topological polar surface area (TPSA) is 46.6 Å². The Labute approximate surface area is 113 Å². The van der Waals surface area contributed by atoms with Crippen LogP contribution in [-0.2, 0) is 9.53 Å². The standard InChI is InChI=1S/C13H23NO3S/c1-13(2,3)17-12(16)14(4)11(8-15)10-6-5-7-18-9-10/h8,10-11H,5-7,9H2,1-4H3. The van der Waals surface area contributed by atoms with Crippen LogP contribution >= 0.6 is 11.8 Å². The van der Waals surface area contributed by atoms with E-state index in [1.54, 1.807) is 7.05 Å². The van der Waals surface area contributed by atoms with E-state index in [1.165, 1.54) is 4.90 Å². The third-order valence-corrected chi connectivity index (χ3v) is 4.19. The molecular formula is C13H23NO3S. The van der Waals surface area contributed by atoms with Crippen LogP contribution < -0.4 is 0 Å². The van der Waals surface area contributed by atoms with Crippen LogP contribution in [0.3, 0.4) is 0 Å². The Bertz CT molecular complexity index is 295. The Hall–Kier alpha value is -0.710. The van der Waals surface area contributed by atoms with E-state index < -0.39 is 11.7 Å². The summed E-state index contributed by atoms with van der Waals surface area (Å²) in [5.74, 6) is 2.34. The first kappa shape index (κ1) is 15.3. The summed E-state index contributed by atoms with van der Waals surface area (Å²) in [5.41, 5.74) is -0.528. The van der Waals surface area contributed by atoms with E-state index in [0.29, 0.717) is 0 Å². The van der Waals surface area contributed by atoms with Crippen molar-refractivity contribution in [2.45, 2.75) is 45.3 Å². The number of carbonyl (C=O) groups excluding carboxylic acids is 2. The van der Waals surface area contributed by atoms with Gasteiger partial charge in [0.15, 0.2) is 0 Å². The maximum Gasteiger partial charge on any atom is 0.410 e. The minimum atomic E-state index is -0.528. The molecule has 0 radical (unpaired) electrons. The van der Waals surface area contributed by atoms with Gasteiger partial charge in [-0.05, 0) is 51.0 Å². The van der Waals surface area contributed by atoms with Crippen LogP contribution in [0.25, 0.3) is 0 Å². The second kappa shape index (κ2) is 6.45. The summed E-state index contributed by atoms with van der Waals surface area (Å²) >= 11 is 1.85. The van der Waals surface area contributed by atoms with Gasteiger partial charge in [0.25, 0.3) is 0 Å². The van der Waals surface area contributed by atoms with Crippen LogP contribution in [-0.4, -0.2) is 47.5 Å². The van der Waals surface area contributed by atoms with Gasteiger partial charge >= 0.3 is 6.09 Å². The Kier molecular flexibility index (Phi) is 5.50. The summed E-state index contributed by atoms with van der Waals surface area (Å²) in [4.78, 5) is 24.6. The second-order valence-corrected chi connectivity index (χ2v) is 6.84. The smallest absolute Gasteiger partial charge is 0.410 e. The molecule has 0 saturated carbocycles. The fraction of sp³-hybridized carbons (Fsp3) is 0.846. The Morgan fingerprint density at radius 2 is 2.17 bits per heavy atom. The number of nitrogens with zero attached hydrogens (tertiary/aromatic N) is 1. The van der Waals surface area contributed by atoms with Gasteiger partial charge in [-0.3, -0.25) is 0 Å². The van der Waals surface area contributed by atoms with Crippen molar-refractivity contribution >= 4 is 24.1 Å². The molecule has 4 nitrogen and oxygen atoms in total. The van der Waals surface area contributed by atoms with Crippen LogP contribution in [0.15, 0.2) is 0 Å². The maximum atomic E-state index is 11.9. The molecule has 0 aromatic heterocycles. The first-order chi connectivity index (χ1) is 8.35. The molecule has 2 unspecified atom stereocenters. The molecule has 2 atom stereocenters. The van der Waals surface area contributed by atoms with Crippen molar-refractivity contribution in [2.75, 3.05) is 18.6 Å². The van der Waals surface area contributed by atoms with E-state index >= 15 is 0 Å². The van der Waals surface area contributed by atoms with E-state index in [-0.39, 0.29) is 12.0 Å². The van der Waals surface area contributed by atoms with Gasteiger partial charge in [0.05, 0.1) is 6.04 Å². The van der Waals surface area contributed by atoms with Gasteiger partial charge in [-0.2, -0.15) is 11.8 Å². The fourth-order valence-corrected chi connectivity index (χ4v) is 3.21. The lowest BCUT2D eigenvalue weighted by molar-refractivity contribution is -0.113. The average Bonchev–Trinajstić information content (AvgIpc) is 2.29. The Morgan fingerprint density at radius 3 is 2.61 bits per heavy atom. The number of aldehydes is 1. The molecule has 1 aliphatic heterocycles. The van der Waals surface area contributed by atoms with Crippen molar-refractivity contribution in [1.82, 2.24) is 4.90 Å². The summed E-state index contributed by atoms with van der Waals surface area (Å²) in [6.45, 7) is 5.47. The molecule has 1 rings (SSSR count). The zero-order valence-corrected chi connectivity index (χ0v) is 12.5. The molecule has 1 heterocycles. The van der Waals surface area contributed by atoms with E-state index in [2.05, 4.69) is 0 Å². The van der Waals surface area contributed by atoms with Crippen LogP contribution in [0.4, 0.5) is 4.79 Å². The fourth-order valence-electron chi connectivity index (χ4n) is 2.01. The quantitative estimate of drug-likeness (QED) is 0.741. The monoisotopic (exact) mass is 273 g/mol. The van der Waals surface area contributed by atoms with E-state index in [9.17, 15) is 9.59 Å². The molecule has 0 aliphatic carbocycles. The number of amides is 1. The van der Waals surface area contributed by atoms with Crippen LogP contribution in [0, 0.1) is 5.92 Å². The molecule has 0 spiro atoms. The SMILES string of the molecule is CN(C(=O)OC(C)(C)C)C(C=O)C1CCCSC1. The normalized spacial score (nSPS) is 22.1. The minimum absolute atomic E-state index is 0.249. The van der Waals surface area contributed by atoms with Crippen molar-refractivity contribution in [2.24, 2.45) is 5.92 Å². The number of hydrogen-bond donors (Lipinski definition) is 0. The zero-order chi connectivity index (χ0) is 13.8. The zero-order valence-electron chi connectivity index (χ0n) is 11.6. The van der Waals surface area contributed by atoms with Crippen molar-refractivity contribution in [3.63, 3.8) is 0 Å². The third kappa shape index (κ3) is 4.52. The second-order valence-electron chi connectivity index (χ2n) is 5.70.